The summed E-state index contributed by atoms with van der Waals surface area (Å²) in [5, 5.41) is 9.80. The van der Waals surface area contributed by atoms with Gasteiger partial charge in [0.2, 0.25) is 5.91 Å². The maximum atomic E-state index is 13.7. The average molecular weight is 500 g/mol. The Morgan fingerprint density at radius 3 is 2.14 bits per heavy atom. The molecule has 8 heteroatoms. The largest absolute Gasteiger partial charge is 0.296 e. The van der Waals surface area contributed by atoms with Gasteiger partial charge in [-0.3, -0.25) is 19.2 Å². The zero-order valence-electron chi connectivity index (χ0n) is 19.2. The first-order valence-electron chi connectivity index (χ1n) is 11.8. The SMILES string of the molecule is O=C(CSc1nnc(CN2CCCC2)n1-c1ccccc1)N1c2ccccc2Sc2ccccc21. The first-order chi connectivity index (χ1) is 17.3. The molecule has 0 aliphatic carbocycles. The predicted octanol–water partition coefficient (Wildman–Crippen LogP) is 5.78. The third-order valence-electron chi connectivity index (χ3n) is 6.28. The van der Waals surface area contributed by atoms with E-state index >= 15 is 0 Å². The Kier molecular flexibility index (Phi) is 6.33. The molecule has 6 nitrogen and oxygen atoms in total. The zero-order chi connectivity index (χ0) is 23.6. The van der Waals surface area contributed by atoms with Gasteiger partial charge in [-0.1, -0.05) is 66.0 Å². The number of likely N-dealkylation sites (tertiary alicyclic amines) is 1. The van der Waals surface area contributed by atoms with E-state index in [2.05, 4.69) is 43.9 Å². The first kappa shape index (κ1) is 22.4. The van der Waals surface area contributed by atoms with Crippen LogP contribution in [0, 0.1) is 0 Å². The quantitative estimate of drug-likeness (QED) is 0.313. The monoisotopic (exact) mass is 499 g/mol. The molecule has 0 bridgehead atoms. The van der Waals surface area contributed by atoms with E-state index in [1.54, 1.807) is 11.8 Å². The fourth-order valence-corrected chi connectivity index (χ4v) is 6.52. The van der Waals surface area contributed by atoms with Gasteiger partial charge in [0.25, 0.3) is 0 Å². The zero-order valence-corrected chi connectivity index (χ0v) is 20.8. The van der Waals surface area contributed by atoms with Crippen LogP contribution in [0.15, 0.2) is 93.8 Å². The lowest BCUT2D eigenvalue weighted by Gasteiger charge is -2.30. The van der Waals surface area contributed by atoms with Crippen molar-refractivity contribution in [2.45, 2.75) is 34.3 Å². The van der Waals surface area contributed by atoms with Crippen LogP contribution in [-0.4, -0.2) is 44.4 Å². The highest BCUT2D eigenvalue weighted by Crippen LogP contribution is 2.48. The molecule has 0 saturated carbocycles. The number of carbonyl (C=O) groups excluding carboxylic acids is 1. The van der Waals surface area contributed by atoms with E-state index in [1.165, 1.54) is 24.6 Å². The highest BCUT2D eigenvalue weighted by atomic mass is 32.2. The number of carbonyl (C=O) groups is 1. The third-order valence-corrected chi connectivity index (χ3v) is 8.33. The molecule has 35 heavy (non-hydrogen) atoms. The minimum atomic E-state index is 0.0268. The molecule has 0 N–H and O–H groups in total. The van der Waals surface area contributed by atoms with Gasteiger partial charge in [-0.05, 0) is 62.3 Å². The molecule has 1 saturated heterocycles. The lowest BCUT2D eigenvalue weighted by atomic mass is 10.2. The summed E-state index contributed by atoms with van der Waals surface area (Å²) in [4.78, 5) is 20.1. The Morgan fingerprint density at radius 2 is 1.46 bits per heavy atom. The molecule has 0 radical (unpaired) electrons. The molecule has 2 aliphatic heterocycles. The molecular formula is C27H25N5OS2. The van der Waals surface area contributed by atoms with Crippen LogP contribution in [0.4, 0.5) is 11.4 Å². The van der Waals surface area contributed by atoms with Gasteiger partial charge in [-0.25, -0.2) is 0 Å². The maximum Gasteiger partial charge on any atom is 0.242 e. The van der Waals surface area contributed by atoms with Crippen molar-refractivity contribution in [1.29, 1.82) is 0 Å². The van der Waals surface area contributed by atoms with Crippen molar-refractivity contribution in [2.75, 3.05) is 23.7 Å². The van der Waals surface area contributed by atoms with Crippen molar-refractivity contribution in [3.63, 3.8) is 0 Å². The fourth-order valence-electron chi connectivity index (χ4n) is 4.64. The van der Waals surface area contributed by atoms with Gasteiger partial charge in [-0.2, -0.15) is 0 Å². The van der Waals surface area contributed by atoms with Gasteiger partial charge in [0, 0.05) is 15.5 Å². The summed E-state index contributed by atoms with van der Waals surface area (Å²) in [6.07, 6.45) is 2.46. The Hall–Kier alpha value is -3.07. The second kappa shape index (κ2) is 9.89. The van der Waals surface area contributed by atoms with Crippen LogP contribution in [-0.2, 0) is 11.3 Å². The van der Waals surface area contributed by atoms with Gasteiger partial charge >= 0.3 is 0 Å². The van der Waals surface area contributed by atoms with E-state index in [-0.39, 0.29) is 11.7 Å². The van der Waals surface area contributed by atoms with Gasteiger partial charge < -0.3 is 0 Å². The van der Waals surface area contributed by atoms with Crippen molar-refractivity contribution < 1.29 is 4.79 Å². The number of benzene rings is 3. The van der Waals surface area contributed by atoms with Crippen molar-refractivity contribution in [1.82, 2.24) is 19.7 Å². The van der Waals surface area contributed by atoms with Gasteiger partial charge in [0.05, 0.1) is 23.7 Å². The van der Waals surface area contributed by atoms with Crippen molar-refractivity contribution in [2.24, 2.45) is 0 Å². The van der Waals surface area contributed by atoms with Gasteiger partial charge in [0.1, 0.15) is 0 Å². The summed E-state index contributed by atoms with van der Waals surface area (Å²) in [6, 6.07) is 26.4. The molecule has 2 aliphatic rings. The highest BCUT2D eigenvalue weighted by molar-refractivity contribution is 8.00. The number of rotatable bonds is 6. The number of hydrogen-bond donors (Lipinski definition) is 0. The van der Waals surface area contributed by atoms with Crippen LogP contribution in [0.5, 0.6) is 0 Å². The molecule has 0 unspecified atom stereocenters. The number of nitrogens with zero attached hydrogens (tertiary/aromatic N) is 5. The number of fused-ring (bicyclic) bond motifs is 2. The predicted molar refractivity (Wildman–Crippen MR) is 141 cm³/mol. The standard InChI is InChI=1S/C27H25N5OS2/c33-26(32-21-12-4-6-14-23(21)35-24-15-7-5-13-22(24)32)19-34-27-29-28-25(18-30-16-8-9-17-30)31(27)20-10-2-1-3-11-20/h1-7,10-15H,8-9,16-19H2. The minimum absolute atomic E-state index is 0.0268. The van der Waals surface area contributed by atoms with Crippen LogP contribution in [0.1, 0.15) is 18.7 Å². The molecule has 4 aromatic rings. The maximum absolute atomic E-state index is 13.7. The molecule has 1 fully saturated rings. The van der Waals surface area contributed by atoms with Crippen LogP contribution < -0.4 is 4.90 Å². The molecule has 3 heterocycles. The summed E-state index contributed by atoms with van der Waals surface area (Å²) >= 11 is 3.15. The van der Waals surface area contributed by atoms with E-state index in [9.17, 15) is 4.79 Å². The normalized spacial score (nSPS) is 15.1. The molecule has 1 aromatic heterocycles. The number of hydrogen-bond acceptors (Lipinski definition) is 6. The number of thioether (sulfide) groups is 1. The van der Waals surface area contributed by atoms with Gasteiger partial charge in [0.15, 0.2) is 11.0 Å². The topological polar surface area (TPSA) is 54.3 Å². The Labute approximate surface area is 213 Å². The molecule has 6 rings (SSSR count). The number of anilines is 2. The molecular weight excluding hydrogens is 474 g/mol. The van der Waals surface area contributed by atoms with Gasteiger partial charge in [-0.15, -0.1) is 10.2 Å². The smallest absolute Gasteiger partial charge is 0.242 e. The summed E-state index contributed by atoms with van der Waals surface area (Å²) in [7, 11) is 0. The number of para-hydroxylation sites is 3. The summed E-state index contributed by atoms with van der Waals surface area (Å²) in [5.74, 6) is 1.21. The van der Waals surface area contributed by atoms with Crippen LogP contribution in [0.25, 0.3) is 5.69 Å². The van der Waals surface area contributed by atoms with Crippen LogP contribution in [0.2, 0.25) is 0 Å². The Bertz CT molecular complexity index is 1310. The Morgan fingerprint density at radius 1 is 0.829 bits per heavy atom. The highest BCUT2D eigenvalue weighted by Gasteiger charge is 2.28. The molecule has 176 valence electrons. The minimum Gasteiger partial charge on any atom is -0.296 e. The lowest BCUT2D eigenvalue weighted by molar-refractivity contribution is -0.115. The summed E-state index contributed by atoms with van der Waals surface area (Å²) < 4.78 is 2.10. The average Bonchev–Trinajstić information content (AvgIpc) is 3.56. The van der Waals surface area contributed by atoms with E-state index in [4.69, 9.17) is 0 Å². The second-order valence-electron chi connectivity index (χ2n) is 8.61. The summed E-state index contributed by atoms with van der Waals surface area (Å²) in [5.41, 5.74) is 2.88. The van der Waals surface area contributed by atoms with Crippen molar-refractivity contribution >= 4 is 40.8 Å². The lowest BCUT2D eigenvalue weighted by Crippen LogP contribution is -2.30. The molecule has 0 atom stereocenters. The van der Waals surface area contributed by atoms with E-state index in [0.29, 0.717) is 0 Å². The Balaban J connectivity index is 1.29. The number of amides is 1. The second-order valence-corrected chi connectivity index (χ2v) is 10.6. The van der Waals surface area contributed by atoms with Crippen molar-refractivity contribution in [3.8, 4) is 5.69 Å². The van der Waals surface area contributed by atoms with E-state index in [1.807, 2.05) is 59.5 Å². The first-order valence-corrected chi connectivity index (χ1v) is 13.6. The summed E-state index contributed by atoms with van der Waals surface area (Å²) in [6.45, 7) is 2.95. The van der Waals surface area contributed by atoms with Crippen LogP contribution in [0.3, 0.4) is 0 Å². The third kappa shape index (κ3) is 4.49. The molecule has 3 aromatic carbocycles. The molecule has 1 amide bonds. The molecule has 0 spiro atoms. The van der Waals surface area contributed by atoms with Crippen molar-refractivity contribution in [3.05, 3.63) is 84.7 Å². The van der Waals surface area contributed by atoms with E-state index < -0.39 is 0 Å². The number of aromatic nitrogens is 3. The van der Waals surface area contributed by atoms with Crippen LogP contribution >= 0.6 is 23.5 Å². The fraction of sp³-hybridized carbons (Fsp3) is 0.222. The van der Waals surface area contributed by atoms with E-state index in [0.717, 1.165) is 57.5 Å².